The van der Waals surface area contributed by atoms with Gasteiger partial charge in [-0.25, -0.2) is 4.98 Å². The molecule has 30 heavy (non-hydrogen) atoms. The van der Waals surface area contributed by atoms with Crippen molar-refractivity contribution in [3.05, 3.63) is 76.2 Å². The van der Waals surface area contributed by atoms with Gasteiger partial charge in [-0.2, -0.15) is 0 Å². The number of nitrogens with one attached hydrogen (secondary N) is 2. The van der Waals surface area contributed by atoms with Crippen LogP contribution in [-0.2, 0) is 17.9 Å². The number of carbonyl (C=O) groups is 2. The molecule has 8 heteroatoms. The third kappa shape index (κ3) is 5.81. The number of rotatable bonds is 9. The lowest BCUT2D eigenvalue weighted by molar-refractivity contribution is -0.122. The fraction of sp³-hybridized carbons (Fsp3) is 0.227. The highest BCUT2D eigenvalue weighted by Gasteiger charge is 2.18. The summed E-state index contributed by atoms with van der Waals surface area (Å²) in [5.74, 6) is 0.305. The predicted molar refractivity (Wildman–Crippen MR) is 115 cm³/mol. The molecule has 0 saturated heterocycles. The molecular weight excluding hydrogens is 402 g/mol. The smallest absolute Gasteiger partial charge is 0.252 e. The van der Waals surface area contributed by atoms with Crippen LogP contribution >= 0.6 is 11.3 Å². The van der Waals surface area contributed by atoms with Crippen molar-refractivity contribution in [2.45, 2.75) is 26.1 Å². The minimum absolute atomic E-state index is 0.262. The fourth-order valence-electron chi connectivity index (χ4n) is 2.67. The quantitative estimate of drug-likeness (QED) is 0.550. The van der Waals surface area contributed by atoms with Crippen LogP contribution in [0.4, 0.5) is 0 Å². The molecule has 2 amide bonds. The second-order valence-corrected chi connectivity index (χ2v) is 7.25. The standard InChI is InChI=1S/C22H23N3O4S/c1-15(21(26)23-11-16-6-4-3-5-7-16)25-22(27)17-8-9-19(20(10-17)28-2)29-12-18-13-30-14-24-18/h3-10,13-15H,11-12H2,1-2H3,(H,23,26)(H,25,27). The molecule has 1 unspecified atom stereocenters. The van der Waals surface area contributed by atoms with Gasteiger partial charge in [0.2, 0.25) is 5.91 Å². The highest BCUT2D eigenvalue weighted by atomic mass is 32.1. The normalized spacial score (nSPS) is 11.4. The Labute approximate surface area is 179 Å². The Kier molecular flexibility index (Phi) is 7.40. The number of nitrogens with zero attached hydrogens (tertiary/aromatic N) is 1. The number of amides is 2. The van der Waals surface area contributed by atoms with E-state index in [2.05, 4.69) is 15.6 Å². The lowest BCUT2D eigenvalue weighted by atomic mass is 10.1. The molecule has 1 aromatic heterocycles. The maximum absolute atomic E-state index is 12.6. The summed E-state index contributed by atoms with van der Waals surface area (Å²) in [6.07, 6.45) is 0. The molecule has 1 atom stereocenters. The van der Waals surface area contributed by atoms with E-state index in [1.807, 2.05) is 35.7 Å². The molecule has 0 aliphatic rings. The molecule has 2 aromatic carbocycles. The van der Waals surface area contributed by atoms with Crippen LogP contribution in [0.15, 0.2) is 59.4 Å². The first-order chi connectivity index (χ1) is 14.6. The van der Waals surface area contributed by atoms with Gasteiger partial charge in [0.05, 0.1) is 18.3 Å². The second-order valence-electron chi connectivity index (χ2n) is 6.53. The number of methoxy groups -OCH3 is 1. The van der Waals surface area contributed by atoms with Gasteiger partial charge in [0, 0.05) is 17.5 Å². The Hall–Kier alpha value is -3.39. The van der Waals surface area contributed by atoms with Crippen molar-refractivity contribution in [3.8, 4) is 11.5 Å². The Morgan fingerprint density at radius 1 is 1.13 bits per heavy atom. The summed E-state index contributed by atoms with van der Waals surface area (Å²) in [5.41, 5.74) is 3.91. The Bertz CT molecular complexity index is 977. The van der Waals surface area contributed by atoms with E-state index in [1.54, 1.807) is 30.6 Å². The van der Waals surface area contributed by atoms with Crippen LogP contribution in [0, 0.1) is 0 Å². The van der Waals surface area contributed by atoms with Crippen molar-refractivity contribution in [2.24, 2.45) is 0 Å². The Morgan fingerprint density at radius 2 is 1.93 bits per heavy atom. The first-order valence-corrected chi connectivity index (χ1v) is 10.3. The highest BCUT2D eigenvalue weighted by molar-refractivity contribution is 7.07. The molecule has 0 radical (unpaired) electrons. The molecule has 0 aliphatic heterocycles. The van der Waals surface area contributed by atoms with Crippen molar-refractivity contribution in [3.63, 3.8) is 0 Å². The summed E-state index contributed by atoms with van der Waals surface area (Å²) < 4.78 is 11.1. The summed E-state index contributed by atoms with van der Waals surface area (Å²) >= 11 is 1.49. The zero-order valence-electron chi connectivity index (χ0n) is 16.8. The molecule has 0 bridgehead atoms. The monoisotopic (exact) mass is 425 g/mol. The minimum atomic E-state index is -0.687. The zero-order chi connectivity index (χ0) is 21.3. The number of benzene rings is 2. The molecule has 156 valence electrons. The predicted octanol–water partition coefficient (Wildman–Crippen LogP) is 3.17. The zero-order valence-corrected chi connectivity index (χ0v) is 17.6. The summed E-state index contributed by atoms with van der Waals surface area (Å²) in [5, 5.41) is 7.42. The van der Waals surface area contributed by atoms with Gasteiger partial charge in [0.15, 0.2) is 11.5 Å². The molecule has 0 spiro atoms. The van der Waals surface area contributed by atoms with E-state index in [4.69, 9.17) is 9.47 Å². The van der Waals surface area contributed by atoms with Crippen LogP contribution in [-0.4, -0.2) is 29.9 Å². The molecule has 3 aromatic rings. The van der Waals surface area contributed by atoms with E-state index in [9.17, 15) is 9.59 Å². The van der Waals surface area contributed by atoms with Gasteiger partial charge in [-0.15, -0.1) is 11.3 Å². The highest BCUT2D eigenvalue weighted by Crippen LogP contribution is 2.29. The fourth-order valence-corrected chi connectivity index (χ4v) is 3.22. The van der Waals surface area contributed by atoms with Gasteiger partial charge in [-0.05, 0) is 30.7 Å². The van der Waals surface area contributed by atoms with E-state index >= 15 is 0 Å². The first kappa shape index (κ1) is 21.3. The number of hydrogen-bond acceptors (Lipinski definition) is 6. The van der Waals surface area contributed by atoms with Crippen molar-refractivity contribution in [2.75, 3.05) is 7.11 Å². The number of hydrogen-bond donors (Lipinski definition) is 2. The Morgan fingerprint density at radius 3 is 2.63 bits per heavy atom. The summed E-state index contributed by atoms with van der Waals surface area (Å²) in [6, 6.07) is 13.8. The van der Waals surface area contributed by atoms with Gasteiger partial charge in [-0.3, -0.25) is 9.59 Å². The summed E-state index contributed by atoms with van der Waals surface area (Å²) in [4.78, 5) is 29.0. The lowest BCUT2D eigenvalue weighted by Gasteiger charge is -2.15. The maximum atomic E-state index is 12.6. The van der Waals surface area contributed by atoms with Crippen LogP contribution in [0.25, 0.3) is 0 Å². The van der Waals surface area contributed by atoms with Gasteiger partial charge in [-0.1, -0.05) is 30.3 Å². The van der Waals surface area contributed by atoms with Gasteiger partial charge >= 0.3 is 0 Å². The van der Waals surface area contributed by atoms with Crippen LogP contribution in [0.3, 0.4) is 0 Å². The number of thiazole rings is 1. The molecule has 1 heterocycles. The third-order valence-corrected chi connectivity index (χ3v) is 4.97. The van der Waals surface area contributed by atoms with E-state index in [0.717, 1.165) is 11.3 Å². The Balaban J connectivity index is 1.56. The van der Waals surface area contributed by atoms with Gasteiger partial charge in [0.1, 0.15) is 12.6 Å². The molecule has 0 saturated carbocycles. The second kappa shape index (κ2) is 10.4. The average molecular weight is 426 g/mol. The molecule has 7 nitrogen and oxygen atoms in total. The van der Waals surface area contributed by atoms with Crippen molar-refractivity contribution < 1.29 is 19.1 Å². The maximum Gasteiger partial charge on any atom is 0.252 e. The van der Waals surface area contributed by atoms with Crippen molar-refractivity contribution in [1.29, 1.82) is 0 Å². The largest absolute Gasteiger partial charge is 0.493 e. The van der Waals surface area contributed by atoms with E-state index in [0.29, 0.717) is 30.2 Å². The van der Waals surface area contributed by atoms with Crippen LogP contribution in [0.1, 0.15) is 28.5 Å². The molecule has 0 aliphatic carbocycles. The van der Waals surface area contributed by atoms with Crippen LogP contribution < -0.4 is 20.1 Å². The topological polar surface area (TPSA) is 89.5 Å². The minimum Gasteiger partial charge on any atom is -0.493 e. The van der Waals surface area contributed by atoms with E-state index in [1.165, 1.54) is 18.4 Å². The van der Waals surface area contributed by atoms with Gasteiger partial charge in [0.25, 0.3) is 5.91 Å². The SMILES string of the molecule is COc1cc(C(=O)NC(C)C(=O)NCc2ccccc2)ccc1OCc1cscn1. The first-order valence-electron chi connectivity index (χ1n) is 9.37. The summed E-state index contributed by atoms with van der Waals surface area (Å²) in [6.45, 7) is 2.35. The molecule has 2 N–H and O–H groups in total. The van der Waals surface area contributed by atoms with E-state index < -0.39 is 6.04 Å². The number of aromatic nitrogens is 1. The van der Waals surface area contributed by atoms with Crippen molar-refractivity contribution in [1.82, 2.24) is 15.6 Å². The molecule has 3 rings (SSSR count). The molecule has 0 fully saturated rings. The van der Waals surface area contributed by atoms with Crippen LogP contribution in [0.5, 0.6) is 11.5 Å². The third-order valence-electron chi connectivity index (χ3n) is 4.34. The number of ether oxygens (including phenoxy) is 2. The lowest BCUT2D eigenvalue weighted by Crippen LogP contribution is -2.44. The van der Waals surface area contributed by atoms with Gasteiger partial charge < -0.3 is 20.1 Å². The molecular formula is C22H23N3O4S. The number of carbonyl (C=O) groups excluding carboxylic acids is 2. The average Bonchev–Trinajstić information content (AvgIpc) is 3.30. The van der Waals surface area contributed by atoms with E-state index in [-0.39, 0.29) is 11.8 Å². The summed E-state index contributed by atoms with van der Waals surface area (Å²) in [7, 11) is 1.51. The van der Waals surface area contributed by atoms with Crippen LogP contribution in [0.2, 0.25) is 0 Å². The van der Waals surface area contributed by atoms with Crippen molar-refractivity contribution >= 4 is 23.2 Å².